The van der Waals surface area contributed by atoms with Gasteiger partial charge in [-0.2, -0.15) is 0 Å². The first-order valence-corrected chi connectivity index (χ1v) is 7.20. The van der Waals surface area contributed by atoms with Crippen LogP contribution in [0.2, 0.25) is 0 Å². The molecule has 0 saturated carbocycles. The Kier molecular flexibility index (Phi) is 4.52. The second-order valence-corrected chi connectivity index (χ2v) is 8.04. The van der Waals surface area contributed by atoms with Gasteiger partial charge in [-0.25, -0.2) is 0 Å². The summed E-state index contributed by atoms with van der Waals surface area (Å²) in [5.74, 6) is 0. The molecule has 0 unspecified atom stereocenters. The molecule has 0 aliphatic carbocycles. The number of nitrogens with two attached hydrogens (primary N) is 1. The third-order valence-electron chi connectivity index (χ3n) is 4.68. The fourth-order valence-corrected chi connectivity index (χ4v) is 2.34. The molecule has 0 bridgehead atoms. The van der Waals surface area contributed by atoms with E-state index >= 15 is 0 Å². The summed E-state index contributed by atoms with van der Waals surface area (Å²) < 4.78 is 0. The van der Waals surface area contributed by atoms with Crippen LogP contribution in [0, 0.1) is 5.41 Å². The molecule has 1 heterocycles. The first-order chi connectivity index (χ1) is 7.93. The quantitative estimate of drug-likeness (QED) is 0.839. The molecule has 3 heteroatoms. The summed E-state index contributed by atoms with van der Waals surface area (Å²) in [5.41, 5.74) is 6.61. The summed E-state index contributed by atoms with van der Waals surface area (Å²) in [5, 5.41) is 0. The topological polar surface area (TPSA) is 32.5 Å². The molecule has 0 atom stereocenters. The maximum Gasteiger partial charge on any atom is 0.0161 e. The normalized spacial score (nSPS) is 21.3. The van der Waals surface area contributed by atoms with Gasteiger partial charge in [0.05, 0.1) is 0 Å². The van der Waals surface area contributed by atoms with E-state index in [1.807, 2.05) is 0 Å². The predicted molar refractivity (Wildman–Crippen MR) is 79.8 cm³/mol. The molecule has 18 heavy (non-hydrogen) atoms. The fourth-order valence-electron chi connectivity index (χ4n) is 2.34. The zero-order valence-corrected chi connectivity index (χ0v) is 13.5. The summed E-state index contributed by atoms with van der Waals surface area (Å²) in [6, 6.07) is 0. The molecule has 3 nitrogen and oxygen atoms in total. The minimum absolute atomic E-state index is 0.131. The monoisotopic (exact) mass is 255 g/mol. The summed E-state index contributed by atoms with van der Waals surface area (Å²) in [4.78, 5) is 5.14. The Morgan fingerprint density at radius 3 is 1.61 bits per heavy atom. The van der Waals surface area contributed by atoms with Crippen LogP contribution in [-0.2, 0) is 0 Å². The lowest BCUT2D eigenvalue weighted by Crippen LogP contribution is -2.58. The molecule has 0 spiro atoms. The minimum Gasteiger partial charge on any atom is -0.325 e. The van der Waals surface area contributed by atoms with Crippen LogP contribution in [0.15, 0.2) is 0 Å². The van der Waals surface area contributed by atoms with E-state index in [9.17, 15) is 0 Å². The van der Waals surface area contributed by atoms with Gasteiger partial charge in [0, 0.05) is 43.8 Å². The van der Waals surface area contributed by atoms with Crippen molar-refractivity contribution in [2.75, 3.05) is 32.7 Å². The highest BCUT2D eigenvalue weighted by molar-refractivity contribution is 4.93. The molecule has 2 N–H and O–H groups in total. The van der Waals surface area contributed by atoms with Crippen molar-refractivity contribution in [3.63, 3.8) is 0 Å². The molecule has 0 amide bonds. The van der Waals surface area contributed by atoms with Crippen molar-refractivity contribution in [1.29, 1.82) is 0 Å². The fraction of sp³-hybridized carbons (Fsp3) is 1.00. The van der Waals surface area contributed by atoms with E-state index < -0.39 is 0 Å². The van der Waals surface area contributed by atoms with Gasteiger partial charge in [-0.05, 0) is 40.0 Å². The summed E-state index contributed by atoms with van der Waals surface area (Å²) in [7, 11) is 0. The second-order valence-electron chi connectivity index (χ2n) is 8.04. The zero-order chi connectivity index (χ0) is 14.2. The zero-order valence-electron chi connectivity index (χ0n) is 13.5. The molecular weight excluding hydrogens is 222 g/mol. The number of hydrogen-bond acceptors (Lipinski definition) is 3. The van der Waals surface area contributed by atoms with Gasteiger partial charge in [0.2, 0.25) is 0 Å². The van der Waals surface area contributed by atoms with Gasteiger partial charge in [-0.3, -0.25) is 4.90 Å². The Hall–Kier alpha value is -0.120. The Morgan fingerprint density at radius 1 is 0.833 bits per heavy atom. The largest absolute Gasteiger partial charge is 0.325 e. The van der Waals surface area contributed by atoms with Gasteiger partial charge < -0.3 is 10.6 Å². The Labute approximate surface area is 114 Å². The summed E-state index contributed by atoms with van der Waals surface area (Å²) in [6.45, 7) is 21.5. The molecule has 0 aromatic rings. The van der Waals surface area contributed by atoms with Crippen molar-refractivity contribution in [3.8, 4) is 0 Å². The molecular formula is C15H33N3. The SMILES string of the molecule is CC(C)(C)N1CCN(CC(C)(C)C(C)(C)N)CC1. The molecule has 0 aromatic carbocycles. The van der Waals surface area contributed by atoms with Crippen LogP contribution in [0.25, 0.3) is 0 Å². The van der Waals surface area contributed by atoms with Crippen molar-refractivity contribution < 1.29 is 0 Å². The minimum atomic E-state index is -0.131. The highest BCUT2D eigenvalue weighted by Gasteiger charge is 2.36. The van der Waals surface area contributed by atoms with Gasteiger partial charge in [-0.15, -0.1) is 0 Å². The molecule has 1 fully saturated rings. The predicted octanol–water partition coefficient (Wildman–Crippen LogP) is 2.17. The number of rotatable bonds is 3. The van der Waals surface area contributed by atoms with Gasteiger partial charge in [0.1, 0.15) is 0 Å². The van der Waals surface area contributed by atoms with E-state index in [1.165, 1.54) is 13.1 Å². The van der Waals surface area contributed by atoms with Crippen LogP contribution in [0.3, 0.4) is 0 Å². The number of piperazine rings is 1. The highest BCUT2D eigenvalue weighted by atomic mass is 15.3. The molecule has 0 aromatic heterocycles. The van der Waals surface area contributed by atoms with E-state index in [0.29, 0.717) is 5.54 Å². The third kappa shape index (κ3) is 3.94. The average molecular weight is 255 g/mol. The first kappa shape index (κ1) is 15.9. The standard InChI is InChI=1S/C15H33N3/c1-13(2,3)18-10-8-17(9-11-18)12-14(4,5)15(6,7)16/h8-12,16H2,1-7H3. The van der Waals surface area contributed by atoms with Gasteiger partial charge in [0.15, 0.2) is 0 Å². The van der Waals surface area contributed by atoms with Crippen LogP contribution >= 0.6 is 0 Å². The smallest absolute Gasteiger partial charge is 0.0161 e. The van der Waals surface area contributed by atoms with Gasteiger partial charge in [-0.1, -0.05) is 13.8 Å². The maximum absolute atomic E-state index is 6.29. The van der Waals surface area contributed by atoms with Gasteiger partial charge >= 0.3 is 0 Å². The van der Waals surface area contributed by atoms with E-state index in [1.54, 1.807) is 0 Å². The summed E-state index contributed by atoms with van der Waals surface area (Å²) >= 11 is 0. The molecule has 108 valence electrons. The molecule has 1 aliphatic heterocycles. The van der Waals surface area contributed by atoms with Crippen LogP contribution in [-0.4, -0.2) is 53.6 Å². The van der Waals surface area contributed by atoms with Crippen molar-refractivity contribution in [3.05, 3.63) is 0 Å². The van der Waals surface area contributed by atoms with Crippen LogP contribution < -0.4 is 5.73 Å². The molecule has 1 aliphatic rings. The maximum atomic E-state index is 6.29. The van der Waals surface area contributed by atoms with E-state index in [0.717, 1.165) is 19.6 Å². The van der Waals surface area contributed by atoms with Crippen LogP contribution in [0.1, 0.15) is 48.5 Å². The van der Waals surface area contributed by atoms with Crippen molar-refractivity contribution in [2.45, 2.75) is 59.5 Å². The third-order valence-corrected chi connectivity index (χ3v) is 4.68. The van der Waals surface area contributed by atoms with Crippen molar-refractivity contribution >= 4 is 0 Å². The number of nitrogens with zero attached hydrogens (tertiary/aromatic N) is 2. The Balaban J connectivity index is 2.50. The second kappa shape index (κ2) is 5.10. The lowest BCUT2D eigenvalue weighted by molar-refractivity contribution is 0.0319. The Morgan fingerprint density at radius 2 is 1.28 bits per heavy atom. The van der Waals surface area contributed by atoms with E-state index in [4.69, 9.17) is 5.73 Å². The van der Waals surface area contributed by atoms with Gasteiger partial charge in [0.25, 0.3) is 0 Å². The molecule has 1 rings (SSSR count). The first-order valence-electron chi connectivity index (χ1n) is 7.20. The van der Waals surface area contributed by atoms with E-state index in [2.05, 4.69) is 58.3 Å². The lowest BCUT2D eigenvalue weighted by atomic mass is 9.75. The highest BCUT2D eigenvalue weighted by Crippen LogP contribution is 2.30. The summed E-state index contributed by atoms with van der Waals surface area (Å²) in [6.07, 6.45) is 0. The van der Waals surface area contributed by atoms with Crippen molar-refractivity contribution in [1.82, 2.24) is 9.80 Å². The molecule has 0 radical (unpaired) electrons. The average Bonchev–Trinajstić information content (AvgIpc) is 2.14. The molecule has 1 saturated heterocycles. The number of hydrogen-bond donors (Lipinski definition) is 1. The van der Waals surface area contributed by atoms with E-state index in [-0.39, 0.29) is 11.0 Å². The Bertz CT molecular complexity index is 262. The van der Waals surface area contributed by atoms with Crippen LogP contribution in [0.5, 0.6) is 0 Å². The lowest BCUT2D eigenvalue weighted by Gasteiger charge is -2.47. The van der Waals surface area contributed by atoms with Crippen LogP contribution in [0.4, 0.5) is 0 Å². The van der Waals surface area contributed by atoms with Crippen molar-refractivity contribution in [2.24, 2.45) is 11.1 Å².